The van der Waals surface area contributed by atoms with E-state index in [0.29, 0.717) is 5.76 Å². The fraction of sp³-hybridized carbons (Fsp3) is 0.214. The quantitative estimate of drug-likeness (QED) is 0.479. The number of hydrogen-bond donors (Lipinski definition) is 1. The van der Waals surface area contributed by atoms with E-state index in [1.165, 1.54) is 25.3 Å². The van der Waals surface area contributed by atoms with Crippen LogP contribution in [0.3, 0.4) is 0 Å². The number of carbonyl (C=O) groups is 2. The van der Waals surface area contributed by atoms with E-state index in [9.17, 15) is 19.7 Å². The van der Waals surface area contributed by atoms with Crippen LogP contribution >= 0.6 is 0 Å². The van der Waals surface area contributed by atoms with Crippen LogP contribution in [0.2, 0.25) is 0 Å². The fourth-order valence-electron chi connectivity index (χ4n) is 1.78. The van der Waals surface area contributed by atoms with Gasteiger partial charge in [0.1, 0.15) is 5.76 Å². The number of nitro groups is 1. The van der Waals surface area contributed by atoms with Gasteiger partial charge in [-0.2, -0.15) is 0 Å². The molecule has 24 heavy (non-hydrogen) atoms. The second-order valence-corrected chi connectivity index (χ2v) is 4.59. The molecule has 0 bridgehead atoms. The summed E-state index contributed by atoms with van der Waals surface area (Å²) in [5, 5.41) is 16.8. The van der Waals surface area contributed by atoms with Crippen LogP contribution < -0.4 is 10.1 Å². The van der Waals surface area contributed by atoms with Gasteiger partial charge >= 0.3 is 11.7 Å². The molecule has 0 fully saturated rings. The second-order valence-electron chi connectivity index (χ2n) is 4.59. The maximum absolute atomic E-state index is 11.9. The molecule has 0 aliphatic carbocycles. The monoisotopic (exact) mass is 335 g/mol. The van der Waals surface area contributed by atoms with Crippen molar-refractivity contribution in [3.63, 3.8) is 0 Å². The molecule has 1 amide bonds. The van der Waals surface area contributed by atoms with E-state index in [-0.39, 0.29) is 22.8 Å². The number of nitrogens with zero attached hydrogens (tertiary/aromatic N) is 2. The van der Waals surface area contributed by atoms with Crippen LogP contribution in [0.1, 0.15) is 16.1 Å². The SMILES string of the molecule is COc1ccc(C(=O)OCC(=O)Nc2cc(C)on2)cc1[N+](=O)[O-]. The number of aromatic nitrogens is 1. The zero-order valence-electron chi connectivity index (χ0n) is 12.8. The van der Waals surface area contributed by atoms with Gasteiger partial charge < -0.3 is 19.3 Å². The van der Waals surface area contributed by atoms with Gasteiger partial charge in [0.25, 0.3) is 5.91 Å². The number of esters is 1. The Morgan fingerprint density at radius 1 is 1.38 bits per heavy atom. The summed E-state index contributed by atoms with van der Waals surface area (Å²) in [7, 11) is 1.27. The Labute approximate surface area is 135 Å². The summed E-state index contributed by atoms with van der Waals surface area (Å²) in [6.07, 6.45) is 0. The van der Waals surface area contributed by atoms with Gasteiger partial charge in [0.2, 0.25) is 0 Å². The number of rotatable bonds is 6. The van der Waals surface area contributed by atoms with Crippen molar-refractivity contribution in [3.8, 4) is 5.75 Å². The van der Waals surface area contributed by atoms with E-state index < -0.39 is 23.4 Å². The van der Waals surface area contributed by atoms with Crippen LogP contribution in [0.5, 0.6) is 5.75 Å². The average Bonchev–Trinajstić information content (AvgIpc) is 2.96. The highest BCUT2D eigenvalue weighted by molar-refractivity contribution is 5.95. The lowest BCUT2D eigenvalue weighted by molar-refractivity contribution is -0.385. The van der Waals surface area contributed by atoms with Gasteiger partial charge in [-0.05, 0) is 19.1 Å². The van der Waals surface area contributed by atoms with E-state index in [0.717, 1.165) is 6.07 Å². The Morgan fingerprint density at radius 2 is 2.12 bits per heavy atom. The molecule has 1 N–H and O–H groups in total. The highest BCUT2D eigenvalue weighted by atomic mass is 16.6. The van der Waals surface area contributed by atoms with Crippen LogP contribution in [0.15, 0.2) is 28.8 Å². The van der Waals surface area contributed by atoms with E-state index in [2.05, 4.69) is 10.5 Å². The van der Waals surface area contributed by atoms with Gasteiger partial charge in [-0.3, -0.25) is 14.9 Å². The van der Waals surface area contributed by atoms with Crippen LogP contribution in [-0.4, -0.2) is 35.7 Å². The van der Waals surface area contributed by atoms with Crippen molar-refractivity contribution in [2.75, 3.05) is 19.0 Å². The Kier molecular flexibility index (Phi) is 5.09. The van der Waals surface area contributed by atoms with Gasteiger partial charge in [-0.1, -0.05) is 5.16 Å². The third kappa shape index (κ3) is 4.06. The van der Waals surface area contributed by atoms with Crippen molar-refractivity contribution in [2.24, 2.45) is 0 Å². The Balaban J connectivity index is 1.98. The highest BCUT2D eigenvalue weighted by Crippen LogP contribution is 2.27. The number of aryl methyl sites for hydroxylation is 1. The Hall–Kier alpha value is -3.43. The maximum Gasteiger partial charge on any atom is 0.338 e. The second kappa shape index (κ2) is 7.22. The van der Waals surface area contributed by atoms with Gasteiger partial charge in [-0.15, -0.1) is 0 Å². The molecule has 1 aromatic carbocycles. The van der Waals surface area contributed by atoms with Crippen molar-refractivity contribution in [1.82, 2.24) is 5.16 Å². The molecule has 2 aromatic rings. The first-order valence-electron chi connectivity index (χ1n) is 6.63. The van der Waals surface area contributed by atoms with Crippen LogP contribution in [-0.2, 0) is 9.53 Å². The van der Waals surface area contributed by atoms with Gasteiger partial charge in [-0.25, -0.2) is 4.79 Å². The molecule has 0 saturated heterocycles. The molecular formula is C14H13N3O7. The molecule has 10 nitrogen and oxygen atoms in total. The number of benzene rings is 1. The van der Waals surface area contributed by atoms with Crippen LogP contribution in [0.25, 0.3) is 0 Å². The van der Waals surface area contributed by atoms with Crippen molar-refractivity contribution >= 4 is 23.4 Å². The fourth-order valence-corrected chi connectivity index (χ4v) is 1.78. The summed E-state index contributed by atoms with van der Waals surface area (Å²) in [5.74, 6) is -0.802. The Bertz CT molecular complexity index is 784. The molecule has 2 rings (SSSR count). The van der Waals surface area contributed by atoms with Crippen molar-refractivity contribution in [1.29, 1.82) is 0 Å². The summed E-state index contributed by atoms with van der Waals surface area (Å²) in [5.41, 5.74) is -0.456. The van der Waals surface area contributed by atoms with E-state index in [1.54, 1.807) is 6.92 Å². The number of methoxy groups -OCH3 is 1. The van der Waals surface area contributed by atoms with E-state index in [1.807, 2.05) is 0 Å². The number of ether oxygens (including phenoxy) is 2. The molecule has 1 aromatic heterocycles. The number of nitro benzene ring substituents is 1. The number of carbonyl (C=O) groups excluding carboxylic acids is 2. The largest absolute Gasteiger partial charge is 0.490 e. The summed E-state index contributed by atoms with van der Waals surface area (Å²) in [4.78, 5) is 33.8. The van der Waals surface area contributed by atoms with Crippen molar-refractivity contribution in [2.45, 2.75) is 6.92 Å². The smallest absolute Gasteiger partial charge is 0.338 e. The molecule has 0 spiro atoms. The minimum Gasteiger partial charge on any atom is -0.490 e. The number of anilines is 1. The van der Waals surface area contributed by atoms with Crippen LogP contribution in [0, 0.1) is 17.0 Å². The third-order valence-electron chi connectivity index (χ3n) is 2.84. The topological polar surface area (TPSA) is 134 Å². The van der Waals surface area contributed by atoms with Crippen LogP contribution in [0.4, 0.5) is 11.5 Å². The molecule has 0 atom stereocenters. The van der Waals surface area contributed by atoms with Crippen molar-refractivity contribution < 1.29 is 28.5 Å². The minimum absolute atomic E-state index is 0.00990. The van der Waals surface area contributed by atoms with Gasteiger partial charge in [0.05, 0.1) is 17.6 Å². The first-order valence-corrected chi connectivity index (χ1v) is 6.63. The molecular weight excluding hydrogens is 322 g/mol. The number of hydrogen-bond acceptors (Lipinski definition) is 8. The summed E-state index contributed by atoms with van der Waals surface area (Å²) in [6.45, 7) is 1.07. The molecule has 126 valence electrons. The van der Waals surface area contributed by atoms with E-state index >= 15 is 0 Å². The lowest BCUT2D eigenvalue weighted by atomic mass is 10.2. The number of nitrogens with one attached hydrogen (secondary N) is 1. The first kappa shape index (κ1) is 16.9. The average molecular weight is 335 g/mol. The summed E-state index contributed by atoms with van der Waals surface area (Å²) in [6, 6.07) is 5.08. The summed E-state index contributed by atoms with van der Waals surface area (Å²) >= 11 is 0. The van der Waals surface area contributed by atoms with Gasteiger partial charge in [0, 0.05) is 12.1 Å². The predicted octanol–water partition coefficient (Wildman–Crippen LogP) is 1.70. The molecule has 0 aliphatic heterocycles. The summed E-state index contributed by atoms with van der Waals surface area (Å²) < 4.78 is 14.4. The predicted molar refractivity (Wildman–Crippen MR) is 79.8 cm³/mol. The zero-order valence-corrected chi connectivity index (χ0v) is 12.8. The molecule has 10 heteroatoms. The normalized spacial score (nSPS) is 10.1. The zero-order chi connectivity index (χ0) is 17.7. The Morgan fingerprint density at radius 3 is 2.71 bits per heavy atom. The lowest BCUT2D eigenvalue weighted by Crippen LogP contribution is -2.21. The first-order chi connectivity index (χ1) is 11.4. The highest BCUT2D eigenvalue weighted by Gasteiger charge is 2.19. The third-order valence-corrected chi connectivity index (χ3v) is 2.84. The molecule has 0 radical (unpaired) electrons. The standard InChI is InChI=1S/C14H13N3O7/c1-8-5-12(16-24-8)15-13(18)7-23-14(19)9-3-4-11(22-2)10(6-9)17(20)21/h3-6H,7H2,1-2H3,(H,15,16,18). The maximum atomic E-state index is 11.9. The molecule has 0 saturated carbocycles. The number of amides is 1. The van der Waals surface area contributed by atoms with Gasteiger partial charge in [0.15, 0.2) is 18.2 Å². The van der Waals surface area contributed by atoms with Crippen molar-refractivity contribution in [3.05, 3.63) is 45.7 Å². The minimum atomic E-state index is -0.882. The molecule has 0 unspecified atom stereocenters. The lowest BCUT2D eigenvalue weighted by Gasteiger charge is -2.06. The molecule has 1 heterocycles. The van der Waals surface area contributed by atoms with E-state index in [4.69, 9.17) is 14.0 Å². The molecule has 0 aliphatic rings.